The molecule has 0 fully saturated rings. The zero-order chi connectivity index (χ0) is 10.8. The number of nitrogen functional groups attached to an aromatic ring is 1. The highest BCUT2D eigenvalue weighted by molar-refractivity contribution is 9.10. The van der Waals surface area contributed by atoms with E-state index in [9.17, 15) is 5.11 Å². The zero-order valence-electron chi connectivity index (χ0n) is 7.85. The fourth-order valence-corrected chi connectivity index (χ4v) is 2.50. The van der Waals surface area contributed by atoms with Crippen LogP contribution in [0, 0.1) is 0 Å². The molecule has 1 atom stereocenters. The summed E-state index contributed by atoms with van der Waals surface area (Å²) in [6.45, 7) is 0. The second-order valence-electron chi connectivity index (χ2n) is 3.19. The van der Waals surface area contributed by atoms with Gasteiger partial charge in [0.1, 0.15) is 6.10 Å². The van der Waals surface area contributed by atoms with E-state index in [2.05, 4.69) is 15.9 Å². The lowest BCUT2D eigenvalue weighted by Gasteiger charge is -2.11. The summed E-state index contributed by atoms with van der Waals surface area (Å²) in [5.41, 5.74) is 7.20. The van der Waals surface area contributed by atoms with Crippen molar-refractivity contribution < 1.29 is 5.11 Å². The zero-order valence-corrected chi connectivity index (χ0v) is 10.3. The third-order valence-corrected chi connectivity index (χ3v) is 3.57. The molecule has 0 aliphatic heterocycles. The molecule has 1 aromatic carbocycles. The number of rotatable bonds is 2. The van der Waals surface area contributed by atoms with Gasteiger partial charge in [-0.1, -0.05) is 28.1 Å². The summed E-state index contributed by atoms with van der Waals surface area (Å²) in [6, 6.07) is 9.33. The highest BCUT2D eigenvalue weighted by Gasteiger charge is 2.14. The van der Waals surface area contributed by atoms with E-state index in [4.69, 9.17) is 5.73 Å². The number of aliphatic hydroxyl groups is 1. The number of nitrogens with two attached hydrogens (primary N) is 1. The van der Waals surface area contributed by atoms with Crippen LogP contribution in [0.15, 0.2) is 40.2 Å². The molecule has 2 aromatic rings. The quantitative estimate of drug-likeness (QED) is 0.832. The normalized spacial score (nSPS) is 12.7. The van der Waals surface area contributed by atoms with Gasteiger partial charge in [0.2, 0.25) is 0 Å². The van der Waals surface area contributed by atoms with Crippen LogP contribution in [-0.2, 0) is 0 Å². The smallest absolute Gasteiger partial charge is 0.115 e. The number of anilines is 1. The van der Waals surface area contributed by atoms with Gasteiger partial charge in [-0.25, -0.2) is 0 Å². The molecule has 0 spiro atoms. The Labute approximate surface area is 100 Å². The van der Waals surface area contributed by atoms with Crippen LogP contribution in [0.3, 0.4) is 0 Å². The molecule has 0 aliphatic carbocycles. The molecule has 1 aromatic heterocycles. The minimum atomic E-state index is -0.627. The van der Waals surface area contributed by atoms with Gasteiger partial charge in [0.15, 0.2) is 0 Å². The highest BCUT2D eigenvalue weighted by atomic mass is 79.9. The summed E-state index contributed by atoms with van der Waals surface area (Å²) >= 11 is 4.86. The molecule has 0 saturated heterocycles. The van der Waals surface area contributed by atoms with Crippen LogP contribution in [0.1, 0.15) is 16.5 Å². The molecular weight excluding hydrogens is 274 g/mol. The second kappa shape index (κ2) is 4.35. The molecule has 1 heterocycles. The Bertz CT molecular complexity index is 456. The van der Waals surface area contributed by atoms with E-state index >= 15 is 0 Å². The van der Waals surface area contributed by atoms with Crippen molar-refractivity contribution >= 4 is 33.0 Å². The number of halogens is 1. The van der Waals surface area contributed by atoms with E-state index < -0.39 is 6.10 Å². The highest BCUT2D eigenvalue weighted by Crippen LogP contribution is 2.30. The topological polar surface area (TPSA) is 46.2 Å². The maximum atomic E-state index is 10.1. The first-order valence-electron chi connectivity index (χ1n) is 4.45. The Morgan fingerprint density at radius 1 is 1.33 bits per heavy atom. The number of hydrogen-bond donors (Lipinski definition) is 2. The summed E-state index contributed by atoms with van der Waals surface area (Å²) in [5.74, 6) is 0. The lowest BCUT2D eigenvalue weighted by Crippen LogP contribution is -2.01. The number of thiophene rings is 1. The van der Waals surface area contributed by atoms with Gasteiger partial charge < -0.3 is 10.8 Å². The van der Waals surface area contributed by atoms with Gasteiger partial charge >= 0.3 is 0 Å². The standard InChI is InChI=1S/C11H10BrNOS/c12-7-3-4-8(9(13)6-7)11(14)10-2-1-5-15-10/h1-6,11,14H,13H2. The average Bonchev–Trinajstić information content (AvgIpc) is 2.69. The molecular formula is C11H10BrNOS. The summed E-state index contributed by atoms with van der Waals surface area (Å²) in [6.07, 6.45) is -0.627. The number of hydrogen-bond acceptors (Lipinski definition) is 3. The predicted octanol–water partition coefficient (Wildman–Crippen LogP) is 3.17. The Morgan fingerprint density at radius 2 is 2.13 bits per heavy atom. The van der Waals surface area contributed by atoms with Crippen molar-refractivity contribution in [3.8, 4) is 0 Å². The average molecular weight is 284 g/mol. The first-order valence-corrected chi connectivity index (χ1v) is 6.12. The molecule has 3 N–H and O–H groups in total. The molecule has 0 aliphatic rings. The summed E-state index contributed by atoms with van der Waals surface area (Å²) in [4.78, 5) is 0.907. The molecule has 1 unspecified atom stereocenters. The van der Waals surface area contributed by atoms with Gasteiger partial charge in [0.05, 0.1) is 0 Å². The molecule has 2 nitrogen and oxygen atoms in total. The molecule has 2 rings (SSSR count). The minimum Gasteiger partial charge on any atom is -0.398 e. The largest absolute Gasteiger partial charge is 0.398 e. The van der Waals surface area contributed by atoms with E-state index in [1.165, 1.54) is 11.3 Å². The summed E-state index contributed by atoms with van der Waals surface area (Å²) in [5, 5.41) is 12.0. The van der Waals surface area contributed by atoms with Crippen molar-refractivity contribution in [1.29, 1.82) is 0 Å². The van der Waals surface area contributed by atoms with Crippen LogP contribution in [0.5, 0.6) is 0 Å². The van der Waals surface area contributed by atoms with E-state index in [0.717, 1.165) is 14.9 Å². The molecule has 0 saturated carbocycles. The Morgan fingerprint density at radius 3 is 2.73 bits per heavy atom. The van der Waals surface area contributed by atoms with Crippen LogP contribution in [0.4, 0.5) is 5.69 Å². The first kappa shape index (κ1) is 10.7. The van der Waals surface area contributed by atoms with Crippen molar-refractivity contribution in [2.75, 3.05) is 5.73 Å². The van der Waals surface area contributed by atoms with Crippen LogP contribution in [-0.4, -0.2) is 5.11 Å². The van der Waals surface area contributed by atoms with Crippen LogP contribution >= 0.6 is 27.3 Å². The fraction of sp³-hybridized carbons (Fsp3) is 0.0909. The Kier molecular flexibility index (Phi) is 3.09. The van der Waals surface area contributed by atoms with Crippen LogP contribution in [0.25, 0.3) is 0 Å². The predicted molar refractivity (Wildman–Crippen MR) is 66.9 cm³/mol. The maximum absolute atomic E-state index is 10.1. The van der Waals surface area contributed by atoms with E-state index in [-0.39, 0.29) is 0 Å². The van der Waals surface area contributed by atoms with Crippen molar-refractivity contribution in [3.05, 3.63) is 50.6 Å². The van der Waals surface area contributed by atoms with E-state index in [0.29, 0.717) is 5.69 Å². The molecule has 78 valence electrons. The number of aliphatic hydroxyl groups excluding tert-OH is 1. The lowest BCUT2D eigenvalue weighted by atomic mass is 10.1. The van der Waals surface area contributed by atoms with E-state index in [1.807, 2.05) is 29.6 Å². The van der Waals surface area contributed by atoms with Crippen molar-refractivity contribution in [3.63, 3.8) is 0 Å². The third-order valence-electron chi connectivity index (χ3n) is 2.16. The molecule has 0 bridgehead atoms. The fourth-order valence-electron chi connectivity index (χ4n) is 1.39. The van der Waals surface area contributed by atoms with Gasteiger partial charge in [-0.2, -0.15) is 0 Å². The maximum Gasteiger partial charge on any atom is 0.115 e. The van der Waals surface area contributed by atoms with Crippen LogP contribution < -0.4 is 5.73 Å². The number of benzene rings is 1. The Hall–Kier alpha value is -0.840. The van der Waals surface area contributed by atoms with Gasteiger partial charge in [0, 0.05) is 20.6 Å². The van der Waals surface area contributed by atoms with Gasteiger partial charge in [-0.05, 0) is 23.6 Å². The Balaban J connectivity index is 2.38. The lowest BCUT2D eigenvalue weighted by molar-refractivity contribution is 0.225. The van der Waals surface area contributed by atoms with Crippen LogP contribution in [0.2, 0.25) is 0 Å². The van der Waals surface area contributed by atoms with Gasteiger partial charge in [0.25, 0.3) is 0 Å². The van der Waals surface area contributed by atoms with Gasteiger partial charge in [-0.15, -0.1) is 11.3 Å². The first-order chi connectivity index (χ1) is 7.18. The van der Waals surface area contributed by atoms with Crippen molar-refractivity contribution in [2.45, 2.75) is 6.10 Å². The summed E-state index contributed by atoms with van der Waals surface area (Å²) < 4.78 is 0.919. The molecule has 4 heteroatoms. The van der Waals surface area contributed by atoms with Crippen molar-refractivity contribution in [2.24, 2.45) is 0 Å². The molecule has 0 radical (unpaired) electrons. The van der Waals surface area contributed by atoms with Gasteiger partial charge in [-0.3, -0.25) is 0 Å². The third kappa shape index (κ3) is 2.22. The molecule has 15 heavy (non-hydrogen) atoms. The minimum absolute atomic E-state index is 0.602. The van der Waals surface area contributed by atoms with Crippen molar-refractivity contribution in [1.82, 2.24) is 0 Å². The SMILES string of the molecule is Nc1cc(Br)ccc1C(O)c1cccs1. The van der Waals surface area contributed by atoms with E-state index in [1.54, 1.807) is 6.07 Å². The monoisotopic (exact) mass is 283 g/mol. The molecule has 0 amide bonds. The second-order valence-corrected chi connectivity index (χ2v) is 5.09. The summed E-state index contributed by atoms with van der Waals surface area (Å²) in [7, 11) is 0.